The van der Waals surface area contributed by atoms with Crippen LogP contribution in [0.15, 0.2) is 18.2 Å². The number of nitrogens with zero attached hydrogens (tertiary/aromatic N) is 1. The Labute approximate surface area is 113 Å². The summed E-state index contributed by atoms with van der Waals surface area (Å²) in [5.41, 5.74) is -0.879. The lowest BCUT2D eigenvalue weighted by atomic mass is 10.0. The maximum absolute atomic E-state index is 13.2. The van der Waals surface area contributed by atoms with Crippen molar-refractivity contribution >= 4 is 17.6 Å². The van der Waals surface area contributed by atoms with E-state index in [-0.39, 0.29) is 11.5 Å². The quantitative estimate of drug-likeness (QED) is 0.630. The van der Waals surface area contributed by atoms with Gasteiger partial charge in [0.2, 0.25) is 0 Å². The molecule has 20 heavy (non-hydrogen) atoms. The molecular weight excluding hydrogens is 271 g/mol. The van der Waals surface area contributed by atoms with Crippen LogP contribution >= 0.6 is 0 Å². The maximum Gasteiger partial charge on any atom is 0.326 e. The van der Waals surface area contributed by atoms with E-state index in [9.17, 15) is 24.1 Å². The van der Waals surface area contributed by atoms with Crippen LogP contribution < -0.4 is 5.32 Å². The van der Waals surface area contributed by atoms with Crippen molar-refractivity contribution in [3.63, 3.8) is 0 Å². The third kappa shape index (κ3) is 3.74. The maximum atomic E-state index is 13.2. The Kier molecular flexibility index (Phi) is 4.73. The zero-order valence-corrected chi connectivity index (χ0v) is 10.8. The molecule has 2 N–H and O–H groups in total. The highest BCUT2D eigenvalue weighted by molar-refractivity contribution is 5.97. The zero-order valence-electron chi connectivity index (χ0n) is 10.8. The molecule has 1 atom stereocenters. The lowest BCUT2D eigenvalue weighted by Gasteiger charge is -2.17. The predicted molar refractivity (Wildman–Crippen MR) is 66.8 cm³/mol. The summed E-state index contributed by atoms with van der Waals surface area (Å²) in [7, 11) is 0. The van der Waals surface area contributed by atoms with Crippen LogP contribution in [0.25, 0.3) is 0 Å². The minimum atomic E-state index is -1.24. The average Bonchev–Trinajstić information content (AvgIpc) is 2.33. The summed E-state index contributed by atoms with van der Waals surface area (Å²) in [6.45, 7) is 3.18. The highest BCUT2D eigenvalue weighted by Crippen LogP contribution is 2.16. The number of nitro groups is 1. The molecule has 0 spiro atoms. The van der Waals surface area contributed by atoms with Crippen LogP contribution in [0.2, 0.25) is 0 Å². The molecule has 7 nitrogen and oxygen atoms in total. The fourth-order valence-electron chi connectivity index (χ4n) is 1.55. The molecule has 0 aliphatic carbocycles. The highest BCUT2D eigenvalue weighted by Gasteiger charge is 2.25. The number of rotatable bonds is 5. The summed E-state index contributed by atoms with van der Waals surface area (Å²) in [4.78, 5) is 32.5. The monoisotopic (exact) mass is 284 g/mol. The summed E-state index contributed by atoms with van der Waals surface area (Å²) >= 11 is 0. The van der Waals surface area contributed by atoms with Crippen LogP contribution in [0, 0.1) is 21.8 Å². The molecule has 0 fully saturated rings. The minimum absolute atomic E-state index is 0.302. The van der Waals surface area contributed by atoms with Crippen LogP contribution in [0.1, 0.15) is 24.2 Å². The van der Waals surface area contributed by atoms with Crippen LogP contribution in [-0.4, -0.2) is 27.9 Å². The van der Waals surface area contributed by atoms with E-state index >= 15 is 0 Å². The molecule has 0 saturated carbocycles. The van der Waals surface area contributed by atoms with Crippen molar-refractivity contribution < 1.29 is 24.0 Å². The zero-order chi connectivity index (χ0) is 15.4. The second-order valence-electron chi connectivity index (χ2n) is 4.49. The Balaban J connectivity index is 3.03. The standard InChI is InChI=1S/C12H13FN2O5/c1-6(2)10(12(17)18)14-11(16)7-3-8(13)5-9(4-7)15(19)20/h3-6,10H,1-2H3,(H,14,16)(H,17,18)/t10-/m0/s1. The van der Waals surface area contributed by atoms with E-state index in [4.69, 9.17) is 5.11 Å². The molecule has 0 heterocycles. The summed E-state index contributed by atoms with van der Waals surface area (Å²) < 4.78 is 13.2. The molecule has 0 saturated heterocycles. The Hall–Kier alpha value is -2.51. The second-order valence-corrected chi connectivity index (χ2v) is 4.49. The van der Waals surface area contributed by atoms with Gasteiger partial charge in [-0.3, -0.25) is 14.9 Å². The van der Waals surface area contributed by atoms with Crippen LogP contribution in [-0.2, 0) is 4.79 Å². The fraction of sp³-hybridized carbons (Fsp3) is 0.333. The molecule has 0 aliphatic heterocycles. The van der Waals surface area contributed by atoms with Gasteiger partial charge in [0.1, 0.15) is 11.9 Å². The van der Waals surface area contributed by atoms with E-state index in [0.29, 0.717) is 6.07 Å². The number of carboxylic acids is 1. The van der Waals surface area contributed by atoms with Crippen molar-refractivity contribution in [2.45, 2.75) is 19.9 Å². The fourth-order valence-corrected chi connectivity index (χ4v) is 1.55. The number of carbonyl (C=O) groups is 2. The molecule has 108 valence electrons. The lowest BCUT2D eigenvalue weighted by Crippen LogP contribution is -2.44. The first-order valence-corrected chi connectivity index (χ1v) is 5.71. The van der Waals surface area contributed by atoms with Crippen molar-refractivity contribution in [2.24, 2.45) is 5.92 Å². The van der Waals surface area contributed by atoms with E-state index in [2.05, 4.69) is 5.32 Å². The Bertz CT molecular complexity index is 559. The van der Waals surface area contributed by atoms with Gasteiger partial charge in [0.05, 0.1) is 11.0 Å². The molecule has 0 aromatic heterocycles. The second kappa shape index (κ2) is 6.09. The SMILES string of the molecule is CC(C)[C@H](NC(=O)c1cc(F)cc([N+](=O)[O-])c1)C(=O)O. The first kappa shape index (κ1) is 15.5. The Morgan fingerprint density at radius 2 is 1.95 bits per heavy atom. The lowest BCUT2D eigenvalue weighted by molar-refractivity contribution is -0.385. The van der Waals surface area contributed by atoms with Crippen LogP contribution in [0.5, 0.6) is 0 Å². The van der Waals surface area contributed by atoms with Gasteiger partial charge in [-0.2, -0.15) is 0 Å². The van der Waals surface area contributed by atoms with Crippen molar-refractivity contribution in [3.05, 3.63) is 39.7 Å². The van der Waals surface area contributed by atoms with E-state index in [1.54, 1.807) is 13.8 Å². The van der Waals surface area contributed by atoms with Gasteiger partial charge in [-0.15, -0.1) is 0 Å². The van der Waals surface area contributed by atoms with Gasteiger partial charge in [-0.05, 0) is 12.0 Å². The van der Waals surface area contributed by atoms with Crippen molar-refractivity contribution in [1.82, 2.24) is 5.32 Å². The van der Waals surface area contributed by atoms with Crippen molar-refractivity contribution in [3.8, 4) is 0 Å². The molecule has 0 radical (unpaired) electrons. The van der Waals surface area contributed by atoms with Gasteiger partial charge >= 0.3 is 5.97 Å². The number of non-ortho nitro benzene ring substituents is 1. The highest BCUT2D eigenvalue weighted by atomic mass is 19.1. The van der Waals surface area contributed by atoms with Crippen LogP contribution in [0.4, 0.5) is 10.1 Å². The number of halogens is 1. The topological polar surface area (TPSA) is 110 Å². The first-order chi connectivity index (χ1) is 9.22. The molecule has 0 aliphatic rings. The average molecular weight is 284 g/mol. The van der Waals surface area contributed by atoms with Gasteiger partial charge in [-0.1, -0.05) is 13.8 Å². The molecule has 0 unspecified atom stereocenters. The molecule has 0 bridgehead atoms. The molecule has 1 aromatic rings. The third-order valence-corrected chi connectivity index (χ3v) is 2.57. The van der Waals surface area contributed by atoms with Gasteiger partial charge in [0.15, 0.2) is 0 Å². The smallest absolute Gasteiger partial charge is 0.326 e. The number of nitrogens with one attached hydrogen (secondary N) is 1. The normalized spacial score (nSPS) is 12.0. The van der Waals surface area contributed by atoms with Gasteiger partial charge in [0, 0.05) is 11.6 Å². The number of amides is 1. The number of benzene rings is 1. The molecule has 8 heteroatoms. The summed E-state index contributed by atoms with van der Waals surface area (Å²) in [5, 5.41) is 21.7. The number of aliphatic carboxylic acids is 1. The van der Waals surface area contributed by atoms with E-state index < -0.39 is 34.3 Å². The summed E-state index contributed by atoms with van der Waals surface area (Å²) in [6, 6.07) is 1.21. The molecule has 1 aromatic carbocycles. The Morgan fingerprint density at radius 1 is 1.35 bits per heavy atom. The number of hydrogen-bond acceptors (Lipinski definition) is 4. The van der Waals surface area contributed by atoms with E-state index in [1.165, 1.54) is 0 Å². The Morgan fingerprint density at radius 3 is 2.40 bits per heavy atom. The largest absolute Gasteiger partial charge is 0.480 e. The summed E-state index contributed by atoms with van der Waals surface area (Å²) in [6.07, 6.45) is 0. The molecule has 1 amide bonds. The predicted octanol–water partition coefficient (Wildman–Crippen LogP) is 1.57. The minimum Gasteiger partial charge on any atom is -0.480 e. The summed E-state index contributed by atoms with van der Waals surface area (Å²) in [5.74, 6) is -3.45. The van der Waals surface area contributed by atoms with Gasteiger partial charge in [0.25, 0.3) is 11.6 Å². The van der Waals surface area contributed by atoms with Gasteiger partial charge in [-0.25, -0.2) is 9.18 Å². The molecule has 1 rings (SSSR count). The van der Waals surface area contributed by atoms with Crippen molar-refractivity contribution in [1.29, 1.82) is 0 Å². The number of carboxylic acid groups (broad SMARTS) is 1. The third-order valence-electron chi connectivity index (χ3n) is 2.57. The first-order valence-electron chi connectivity index (χ1n) is 5.71. The number of carbonyl (C=O) groups excluding carboxylic acids is 1. The number of hydrogen-bond donors (Lipinski definition) is 2. The van der Waals surface area contributed by atoms with Crippen LogP contribution in [0.3, 0.4) is 0 Å². The molecular formula is C12H13FN2O5. The van der Waals surface area contributed by atoms with E-state index in [0.717, 1.165) is 12.1 Å². The van der Waals surface area contributed by atoms with Gasteiger partial charge < -0.3 is 10.4 Å². The van der Waals surface area contributed by atoms with E-state index in [1.807, 2.05) is 0 Å². The number of nitro benzene ring substituents is 1. The van der Waals surface area contributed by atoms with Crippen molar-refractivity contribution in [2.75, 3.05) is 0 Å².